The zero-order valence-electron chi connectivity index (χ0n) is 13.4. The van der Waals surface area contributed by atoms with Crippen LogP contribution in [-0.2, 0) is 10.0 Å². The molecule has 0 saturated carbocycles. The van der Waals surface area contributed by atoms with Crippen LogP contribution >= 0.6 is 12.2 Å². The molecule has 0 aliphatic rings. The van der Waals surface area contributed by atoms with Crippen molar-refractivity contribution in [3.8, 4) is 5.75 Å². The number of nitro benzene ring substituents is 1. The van der Waals surface area contributed by atoms with Gasteiger partial charge in [0, 0.05) is 17.8 Å². The fourth-order valence-corrected chi connectivity index (χ4v) is 2.63. The molecule has 10 nitrogen and oxygen atoms in total. The second-order valence-electron chi connectivity index (χ2n) is 4.92. The molecule has 0 atom stereocenters. The van der Waals surface area contributed by atoms with Crippen molar-refractivity contribution in [2.24, 2.45) is 5.14 Å². The Morgan fingerprint density at radius 1 is 1.27 bits per heavy atom. The molecule has 0 aliphatic heterocycles. The SMILES string of the molecule is COc1cccc(NC(=S)NNc2ccc(S(N)(=O)=O)cc2[N+](=O)[O-])c1. The molecule has 5 N–H and O–H groups in total. The van der Waals surface area contributed by atoms with Crippen LogP contribution in [0, 0.1) is 10.1 Å². The zero-order chi connectivity index (χ0) is 19.3. The Bertz CT molecular complexity index is 948. The summed E-state index contributed by atoms with van der Waals surface area (Å²) >= 11 is 5.10. The van der Waals surface area contributed by atoms with E-state index in [2.05, 4.69) is 16.2 Å². The van der Waals surface area contributed by atoms with Gasteiger partial charge in [-0.1, -0.05) is 6.07 Å². The van der Waals surface area contributed by atoms with E-state index in [1.807, 2.05) is 0 Å². The van der Waals surface area contributed by atoms with Crippen LogP contribution in [-0.4, -0.2) is 25.6 Å². The summed E-state index contributed by atoms with van der Waals surface area (Å²) in [6, 6.07) is 10.2. The summed E-state index contributed by atoms with van der Waals surface area (Å²) in [6.07, 6.45) is 0. The highest BCUT2D eigenvalue weighted by atomic mass is 32.2. The van der Waals surface area contributed by atoms with Crippen LogP contribution in [0.25, 0.3) is 0 Å². The number of nitrogens with zero attached hydrogens (tertiary/aromatic N) is 1. The molecule has 0 aromatic heterocycles. The number of nitrogens with one attached hydrogen (secondary N) is 3. The Labute approximate surface area is 154 Å². The number of nitro groups is 1. The first-order valence-corrected chi connectivity index (χ1v) is 8.94. The molecular weight excluding hydrogens is 382 g/mol. The lowest BCUT2D eigenvalue weighted by molar-refractivity contribution is -0.384. The van der Waals surface area contributed by atoms with E-state index in [4.69, 9.17) is 22.1 Å². The number of primary sulfonamides is 1. The Balaban J connectivity index is 2.10. The van der Waals surface area contributed by atoms with Crippen molar-refractivity contribution in [1.29, 1.82) is 0 Å². The minimum Gasteiger partial charge on any atom is -0.497 e. The van der Waals surface area contributed by atoms with Crippen LogP contribution in [0.5, 0.6) is 5.75 Å². The third-order valence-corrected chi connectivity index (χ3v) is 4.25. The molecule has 0 heterocycles. The number of hydrogen-bond donors (Lipinski definition) is 4. The predicted octanol–water partition coefficient (Wildman–Crippen LogP) is 1.56. The average Bonchev–Trinajstić information content (AvgIpc) is 2.59. The van der Waals surface area contributed by atoms with E-state index < -0.39 is 20.6 Å². The number of anilines is 2. The predicted molar refractivity (Wildman–Crippen MR) is 100 cm³/mol. The van der Waals surface area contributed by atoms with E-state index in [1.54, 1.807) is 24.3 Å². The van der Waals surface area contributed by atoms with Crippen molar-refractivity contribution >= 4 is 44.4 Å². The molecular formula is C14H15N5O5S2. The second-order valence-corrected chi connectivity index (χ2v) is 6.89. The Hall–Kier alpha value is -2.96. The summed E-state index contributed by atoms with van der Waals surface area (Å²) in [7, 11) is -2.53. The number of benzene rings is 2. The van der Waals surface area contributed by atoms with Gasteiger partial charge in [0.05, 0.1) is 16.9 Å². The average molecular weight is 397 g/mol. The zero-order valence-corrected chi connectivity index (χ0v) is 15.1. The first-order chi connectivity index (χ1) is 12.2. The number of thiocarbonyl (C=S) groups is 1. The number of nitrogens with two attached hydrogens (primary N) is 1. The molecule has 12 heteroatoms. The quantitative estimate of drug-likeness (QED) is 0.324. The molecule has 0 spiro atoms. The highest BCUT2D eigenvalue weighted by Crippen LogP contribution is 2.26. The molecule has 0 radical (unpaired) electrons. The van der Waals surface area contributed by atoms with Crippen LogP contribution in [0.4, 0.5) is 17.1 Å². The Morgan fingerprint density at radius 2 is 2.00 bits per heavy atom. The normalized spacial score (nSPS) is 10.7. The van der Waals surface area contributed by atoms with Crippen LogP contribution in [0.1, 0.15) is 0 Å². The summed E-state index contributed by atoms with van der Waals surface area (Å²) in [5, 5.41) is 19.1. The number of methoxy groups -OCH3 is 1. The molecule has 0 bridgehead atoms. The fraction of sp³-hybridized carbons (Fsp3) is 0.0714. The number of sulfonamides is 1. The van der Waals surface area contributed by atoms with E-state index in [1.165, 1.54) is 13.2 Å². The maximum Gasteiger partial charge on any atom is 0.295 e. The molecule has 26 heavy (non-hydrogen) atoms. The highest BCUT2D eigenvalue weighted by Gasteiger charge is 2.19. The van der Waals surface area contributed by atoms with Crippen molar-refractivity contribution in [3.05, 3.63) is 52.6 Å². The lowest BCUT2D eigenvalue weighted by Crippen LogP contribution is -2.33. The van der Waals surface area contributed by atoms with Crippen LogP contribution in [0.3, 0.4) is 0 Å². The third kappa shape index (κ3) is 5.02. The van der Waals surface area contributed by atoms with E-state index in [9.17, 15) is 18.5 Å². The minimum absolute atomic E-state index is 0.0113. The monoisotopic (exact) mass is 397 g/mol. The first-order valence-electron chi connectivity index (χ1n) is 6.99. The maximum absolute atomic E-state index is 11.3. The number of rotatable bonds is 6. The van der Waals surface area contributed by atoms with Gasteiger partial charge in [-0.2, -0.15) is 0 Å². The smallest absolute Gasteiger partial charge is 0.295 e. The summed E-state index contributed by atoms with van der Waals surface area (Å²) in [5.74, 6) is 0.625. The lowest BCUT2D eigenvalue weighted by Gasteiger charge is -2.13. The Morgan fingerprint density at radius 3 is 2.62 bits per heavy atom. The van der Waals surface area contributed by atoms with Crippen molar-refractivity contribution in [1.82, 2.24) is 5.43 Å². The van der Waals surface area contributed by atoms with Gasteiger partial charge in [0.1, 0.15) is 11.4 Å². The lowest BCUT2D eigenvalue weighted by atomic mass is 10.3. The Kier molecular flexibility index (Phi) is 5.92. The van der Waals surface area contributed by atoms with E-state index in [-0.39, 0.29) is 15.7 Å². The van der Waals surface area contributed by atoms with Gasteiger partial charge in [-0.3, -0.25) is 21.0 Å². The first kappa shape index (κ1) is 19.4. The molecule has 138 valence electrons. The summed E-state index contributed by atoms with van der Waals surface area (Å²) < 4.78 is 27.7. The van der Waals surface area contributed by atoms with Gasteiger partial charge in [-0.25, -0.2) is 13.6 Å². The number of ether oxygens (including phenoxy) is 1. The van der Waals surface area contributed by atoms with Gasteiger partial charge < -0.3 is 10.1 Å². The molecule has 0 amide bonds. The van der Waals surface area contributed by atoms with Crippen LogP contribution in [0.2, 0.25) is 0 Å². The number of hydrazine groups is 1. The number of hydrogen-bond acceptors (Lipinski definition) is 7. The topological polar surface area (TPSA) is 149 Å². The van der Waals surface area contributed by atoms with Crippen molar-refractivity contribution in [2.45, 2.75) is 4.90 Å². The molecule has 2 aromatic carbocycles. The van der Waals surface area contributed by atoms with Gasteiger partial charge >= 0.3 is 0 Å². The maximum atomic E-state index is 11.3. The largest absolute Gasteiger partial charge is 0.497 e. The summed E-state index contributed by atoms with van der Waals surface area (Å²) in [5.41, 5.74) is 5.32. The van der Waals surface area contributed by atoms with Crippen molar-refractivity contribution in [3.63, 3.8) is 0 Å². The molecule has 2 rings (SSSR count). The van der Waals surface area contributed by atoms with Crippen LogP contribution in [0.15, 0.2) is 47.4 Å². The molecule has 0 fully saturated rings. The van der Waals surface area contributed by atoms with Gasteiger partial charge in [-0.05, 0) is 36.5 Å². The fourth-order valence-electron chi connectivity index (χ4n) is 1.93. The minimum atomic E-state index is -4.06. The van der Waals surface area contributed by atoms with E-state index in [0.717, 1.165) is 12.1 Å². The van der Waals surface area contributed by atoms with Gasteiger partial charge in [0.15, 0.2) is 5.11 Å². The molecule has 0 aliphatic carbocycles. The van der Waals surface area contributed by atoms with Gasteiger partial charge in [-0.15, -0.1) is 0 Å². The standard InChI is InChI=1S/C14H15N5O5S2/c1-24-10-4-2-3-9(7-10)16-14(25)18-17-12-6-5-11(26(15,22)23)8-13(12)19(20)21/h2-8,17H,1H3,(H2,15,22,23)(H2,16,18,25). The van der Waals surface area contributed by atoms with Gasteiger partial charge in [0.2, 0.25) is 10.0 Å². The summed E-state index contributed by atoms with van der Waals surface area (Å²) in [6.45, 7) is 0. The van der Waals surface area contributed by atoms with Crippen LogP contribution < -0.4 is 26.0 Å². The van der Waals surface area contributed by atoms with Crippen molar-refractivity contribution in [2.75, 3.05) is 17.9 Å². The molecule has 2 aromatic rings. The molecule has 0 unspecified atom stereocenters. The van der Waals surface area contributed by atoms with E-state index >= 15 is 0 Å². The van der Waals surface area contributed by atoms with Crippen molar-refractivity contribution < 1.29 is 18.1 Å². The molecule has 0 saturated heterocycles. The van der Waals surface area contributed by atoms with E-state index in [0.29, 0.717) is 11.4 Å². The second kappa shape index (κ2) is 7.95. The highest BCUT2D eigenvalue weighted by molar-refractivity contribution is 7.89. The summed E-state index contributed by atoms with van der Waals surface area (Å²) in [4.78, 5) is 10.0. The van der Waals surface area contributed by atoms with Gasteiger partial charge in [0.25, 0.3) is 5.69 Å². The third-order valence-electron chi connectivity index (χ3n) is 3.13.